The predicted octanol–water partition coefficient (Wildman–Crippen LogP) is 2.62. The lowest BCUT2D eigenvalue weighted by atomic mass is 10.2. The molecular formula is C17H18N2O3. The number of benzene rings is 2. The monoisotopic (exact) mass is 298 g/mol. The van der Waals surface area contributed by atoms with Crippen molar-refractivity contribution in [3.05, 3.63) is 59.7 Å². The normalized spacial score (nSPS) is 10.6. The summed E-state index contributed by atoms with van der Waals surface area (Å²) in [4.78, 5) is 11.7. The minimum absolute atomic E-state index is 0.122. The van der Waals surface area contributed by atoms with Crippen LogP contribution in [0.3, 0.4) is 0 Å². The topological polar surface area (TPSA) is 87.6 Å². The van der Waals surface area contributed by atoms with Gasteiger partial charge in [0.15, 0.2) is 0 Å². The molecule has 0 heterocycles. The molecule has 0 aromatic heterocycles. The third kappa shape index (κ3) is 4.56. The molecule has 114 valence electrons. The lowest BCUT2D eigenvalue weighted by Gasteiger charge is -2.05. The first-order chi connectivity index (χ1) is 10.6. The summed E-state index contributed by atoms with van der Waals surface area (Å²) < 4.78 is 10.3. The molecular weight excluding hydrogens is 280 g/mol. The van der Waals surface area contributed by atoms with Crippen LogP contribution in [0, 0.1) is 0 Å². The van der Waals surface area contributed by atoms with E-state index in [1.165, 1.54) is 6.08 Å². The Morgan fingerprint density at radius 3 is 2.55 bits per heavy atom. The van der Waals surface area contributed by atoms with E-state index in [2.05, 4.69) is 0 Å². The minimum Gasteiger partial charge on any atom is -0.497 e. The maximum atomic E-state index is 11.7. The van der Waals surface area contributed by atoms with Crippen molar-refractivity contribution in [2.24, 2.45) is 0 Å². The fraction of sp³-hybridized carbons (Fsp3) is 0.118. The molecule has 0 radical (unpaired) electrons. The van der Waals surface area contributed by atoms with Crippen LogP contribution in [0.25, 0.3) is 6.08 Å². The van der Waals surface area contributed by atoms with E-state index in [9.17, 15) is 4.79 Å². The number of anilines is 2. The molecule has 0 saturated carbocycles. The largest absolute Gasteiger partial charge is 0.497 e. The summed E-state index contributed by atoms with van der Waals surface area (Å²) in [5.41, 5.74) is 14.0. The fourth-order valence-corrected chi connectivity index (χ4v) is 1.94. The number of ether oxygens (including phenoxy) is 2. The van der Waals surface area contributed by atoms with Gasteiger partial charge in [-0.2, -0.15) is 0 Å². The number of carbonyl (C=O) groups is 1. The fourth-order valence-electron chi connectivity index (χ4n) is 1.94. The Balaban J connectivity index is 1.93. The molecule has 2 aromatic carbocycles. The number of rotatable bonds is 5. The predicted molar refractivity (Wildman–Crippen MR) is 87.1 cm³/mol. The van der Waals surface area contributed by atoms with Gasteiger partial charge in [0.25, 0.3) is 0 Å². The van der Waals surface area contributed by atoms with Gasteiger partial charge >= 0.3 is 5.97 Å². The van der Waals surface area contributed by atoms with Crippen LogP contribution in [0.15, 0.2) is 48.5 Å². The van der Waals surface area contributed by atoms with Crippen molar-refractivity contribution >= 4 is 23.4 Å². The highest BCUT2D eigenvalue weighted by atomic mass is 16.5. The van der Waals surface area contributed by atoms with E-state index in [1.54, 1.807) is 31.4 Å². The van der Waals surface area contributed by atoms with Crippen LogP contribution in [0.1, 0.15) is 11.1 Å². The van der Waals surface area contributed by atoms with Crippen LogP contribution >= 0.6 is 0 Å². The van der Waals surface area contributed by atoms with Gasteiger partial charge in [-0.05, 0) is 47.5 Å². The summed E-state index contributed by atoms with van der Waals surface area (Å²) in [6.45, 7) is 0.122. The molecule has 5 heteroatoms. The van der Waals surface area contributed by atoms with E-state index in [0.29, 0.717) is 11.4 Å². The Morgan fingerprint density at radius 1 is 1.14 bits per heavy atom. The molecule has 0 amide bonds. The molecule has 0 saturated heterocycles. The van der Waals surface area contributed by atoms with E-state index in [4.69, 9.17) is 20.9 Å². The maximum Gasteiger partial charge on any atom is 0.331 e. The van der Waals surface area contributed by atoms with Gasteiger partial charge < -0.3 is 20.9 Å². The summed E-state index contributed by atoms with van der Waals surface area (Å²) in [5.74, 6) is 0.287. The van der Waals surface area contributed by atoms with E-state index in [1.807, 2.05) is 24.3 Å². The highest BCUT2D eigenvalue weighted by Gasteiger charge is 2.01. The summed E-state index contributed by atoms with van der Waals surface area (Å²) in [6.07, 6.45) is 3.03. The van der Waals surface area contributed by atoms with Crippen molar-refractivity contribution in [1.29, 1.82) is 0 Å². The van der Waals surface area contributed by atoms with Crippen molar-refractivity contribution in [1.82, 2.24) is 0 Å². The molecule has 0 atom stereocenters. The Labute approximate surface area is 129 Å². The number of hydrogen-bond acceptors (Lipinski definition) is 5. The zero-order chi connectivity index (χ0) is 15.9. The van der Waals surface area contributed by atoms with Gasteiger partial charge in [0.2, 0.25) is 0 Å². The Bertz CT molecular complexity index is 676. The molecule has 5 nitrogen and oxygen atoms in total. The third-order valence-electron chi connectivity index (χ3n) is 2.92. The molecule has 2 rings (SSSR count). The molecule has 22 heavy (non-hydrogen) atoms. The molecule has 4 N–H and O–H groups in total. The minimum atomic E-state index is -0.441. The van der Waals surface area contributed by atoms with Gasteiger partial charge in [0, 0.05) is 17.5 Å². The van der Waals surface area contributed by atoms with Crippen LogP contribution in [-0.4, -0.2) is 13.1 Å². The van der Waals surface area contributed by atoms with Crippen molar-refractivity contribution in [2.75, 3.05) is 18.6 Å². The number of hydrogen-bond donors (Lipinski definition) is 2. The first-order valence-electron chi connectivity index (χ1n) is 6.70. The Morgan fingerprint density at radius 2 is 1.86 bits per heavy atom. The summed E-state index contributed by atoms with van der Waals surface area (Å²) in [7, 11) is 1.59. The van der Waals surface area contributed by atoms with E-state index in [-0.39, 0.29) is 6.61 Å². The number of carbonyl (C=O) groups excluding carboxylic acids is 1. The van der Waals surface area contributed by atoms with E-state index in [0.717, 1.165) is 16.9 Å². The average Bonchev–Trinajstić information content (AvgIpc) is 2.50. The molecule has 0 fully saturated rings. The van der Waals surface area contributed by atoms with Crippen LogP contribution < -0.4 is 16.2 Å². The highest BCUT2D eigenvalue weighted by molar-refractivity contribution is 5.87. The van der Waals surface area contributed by atoms with Crippen LogP contribution in [0.4, 0.5) is 11.4 Å². The van der Waals surface area contributed by atoms with Crippen molar-refractivity contribution < 1.29 is 14.3 Å². The average molecular weight is 298 g/mol. The second-order valence-corrected chi connectivity index (χ2v) is 4.73. The molecule has 2 aromatic rings. The zero-order valence-electron chi connectivity index (χ0n) is 12.3. The Kier molecular flexibility index (Phi) is 5.03. The van der Waals surface area contributed by atoms with Crippen LogP contribution in [-0.2, 0) is 16.1 Å². The van der Waals surface area contributed by atoms with Gasteiger partial charge in [0.05, 0.1) is 7.11 Å². The van der Waals surface area contributed by atoms with Gasteiger partial charge in [-0.3, -0.25) is 0 Å². The van der Waals surface area contributed by atoms with Gasteiger partial charge in [-0.1, -0.05) is 12.1 Å². The number of nitrogen functional groups attached to an aromatic ring is 2. The molecule has 0 aliphatic rings. The van der Waals surface area contributed by atoms with E-state index >= 15 is 0 Å². The highest BCUT2D eigenvalue weighted by Crippen LogP contribution is 2.15. The van der Waals surface area contributed by atoms with Crippen LogP contribution in [0.5, 0.6) is 5.75 Å². The van der Waals surface area contributed by atoms with Crippen LogP contribution in [0.2, 0.25) is 0 Å². The van der Waals surface area contributed by atoms with Gasteiger partial charge in [-0.15, -0.1) is 0 Å². The molecule has 0 spiro atoms. The first-order valence-corrected chi connectivity index (χ1v) is 6.70. The number of nitrogens with two attached hydrogens (primary N) is 2. The second-order valence-electron chi connectivity index (χ2n) is 4.73. The molecule has 0 unspecified atom stereocenters. The summed E-state index contributed by atoms with van der Waals surface area (Å²) in [5, 5.41) is 0. The van der Waals surface area contributed by atoms with Crippen molar-refractivity contribution in [2.45, 2.75) is 6.61 Å². The summed E-state index contributed by atoms with van der Waals surface area (Å²) >= 11 is 0. The quantitative estimate of drug-likeness (QED) is 0.503. The maximum absolute atomic E-state index is 11.7. The van der Waals surface area contributed by atoms with Gasteiger partial charge in [0.1, 0.15) is 12.4 Å². The first kappa shape index (κ1) is 15.4. The van der Waals surface area contributed by atoms with Gasteiger partial charge in [-0.25, -0.2) is 4.79 Å². The molecule has 0 aliphatic carbocycles. The SMILES string of the molecule is COc1cccc(C=CC(=O)OCc2cc(N)cc(N)c2)c1. The van der Waals surface area contributed by atoms with Crippen molar-refractivity contribution in [3.8, 4) is 5.75 Å². The zero-order valence-corrected chi connectivity index (χ0v) is 12.3. The van der Waals surface area contributed by atoms with E-state index < -0.39 is 5.97 Å². The number of methoxy groups -OCH3 is 1. The molecule has 0 aliphatic heterocycles. The van der Waals surface area contributed by atoms with Crippen molar-refractivity contribution in [3.63, 3.8) is 0 Å². The second kappa shape index (κ2) is 7.17. The number of esters is 1. The lowest BCUT2D eigenvalue weighted by Crippen LogP contribution is -2.02. The summed E-state index contributed by atoms with van der Waals surface area (Å²) in [6, 6.07) is 12.4. The standard InChI is InChI=1S/C17H18N2O3/c1-21-16-4-2-3-12(9-16)5-6-17(20)22-11-13-7-14(18)10-15(19)8-13/h2-10H,11,18-19H2,1H3. The third-order valence-corrected chi connectivity index (χ3v) is 2.92. The molecule has 0 bridgehead atoms. The lowest BCUT2D eigenvalue weighted by molar-refractivity contribution is -0.138. The smallest absolute Gasteiger partial charge is 0.331 e. The Hall–Kier alpha value is -2.95.